The zero-order valence-corrected chi connectivity index (χ0v) is 17.0. The molecule has 2 amide bonds. The van der Waals surface area contributed by atoms with Crippen molar-refractivity contribution in [3.63, 3.8) is 0 Å². The first-order valence-electron chi connectivity index (χ1n) is 9.69. The van der Waals surface area contributed by atoms with Gasteiger partial charge in [-0.3, -0.25) is 9.59 Å². The van der Waals surface area contributed by atoms with Gasteiger partial charge in [-0.25, -0.2) is 4.98 Å². The number of carbonyl (C=O) groups is 2. The summed E-state index contributed by atoms with van der Waals surface area (Å²) in [5.41, 5.74) is 2.83. The number of aromatic nitrogens is 2. The molecule has 0 unspecified atom stereocenters. The van der Waals surface area contributed by atoms with Crippen molar-refractivity contribution in [1.29, 1.82) is 0 Å². The SMILES string of the molecule is CN(Cc1cnc2ccccn12)C(=O)[C@H]1CCC(=O)N(Cc2ccc(Cl)cc2)C1. The van der Waals surface area contributed by atoms with E-state index < -0.39 is 0 Å². The zero-order valence-electron chi connectivity index (χ0n) is 16.3. The van der Waals surface area contributed by atoms with Crippen LogP contribution in [0.25, 0.3) is 5.65 Å². The minimum absolute atomic E-state index is 0.0597. The van der Waals surface area contributed by atoms with E-state index in [0.29, 0.717) is 37.5 Å². The molecule has 0 radical (unpaired) electrons. The van der Waals surface area contributed by atoms with Crippen molar-refractivity contribution in [3.8, 4) is 0 Å². The number of fused-ring (bicyclic) bond motifs is 1. The molecule has 1 fully saturated rings. The second kappa shape index (κ2) is 8.25. The number of pyridine rings is 1. The molecule has 3 heterocycles. The fourth-order valence-electron chi connectivity index (χ4n) is 3.81. The number of imidazole rings is 1. The van der Waals surface area contributed by atoms with Gasteiger partial charge >= 0.3 is 0 Å². The number of hydrogen-bond donors (Lipinski definition) is 0. The average Bonchev–Trinajstić information content (AvgIpc) is 3.13. The Hall–Kier alpha value is -2.86. The summed E-state index contributed by atoms with van der Waals surface area (Å²) in [4.78, 5) is 33.3. The van der Waals surface area contributed by atoms with Crippen molar-refractivity contribution in [2.75, 3.05) is 13.6 Å². The molecule has 1 aromatic carbocycles. The van der Waals surface area contributed by atoms with Gasteiger partial charge in [0.1, 0.15) is 5.65 Å². The number of nitrogens with zero attached hydrogens (tertiary/aromatic N) is 4. The van der Waals surface area contributed by atoms with Crippen LogP contribution in [0.5, 0.6) is 0 Å². The lowest BCUT2D eigenvalue weighted by molar-refractivity contribution is -0.143. The number of likely N-dealkylation sites (tertiary alicyclic amines) is 1. The van der Waals surface area contributed by atoms with Gasteiger partial charge in [-0.15, -0.1) is 0 Å². The fraction of sp³-hybridized carbons (Fsp3) is 0.318. The smallest absolute Gasteiger partial charge is 0.227 e. The van der Waals surface area contributed by atoms with Crippen LogP contribution in [0.2, 0.25) is 5.02 Å². The number of rotatable bonds is 5. The molecule has 0 spiro atoms. The van der Waals surface area contributed by atoms with Crippen LogP contribution in [0.1, 0.15) is 24.1 Å². The maximum Gasteiger partial charge on any atom is 0.227 e. The number of amides is 2. The minimum Gasteiger partial charge on any atom is -0.340 e. The van der Waals surface area contributed by atoms with Gasteiger partial charge in [0.05, 0.1) is 24.4 Å². The van der Waals surface area contributed by atoms with Crippen molar-refractivity contribution < 1.29 is 9.59 Å². The monoisotopic (exact) mass is 410 g/mol. The molecule has 7 heteroatoms. The second-order valence-corrected chi connectivity index (χ2v) is 7.95. The second-order valence-electron chi connectivity index (χ2n) is 7.51. The molecule has 0 aliphatic carbocycles. The topological polar surface area (TPSA) is 57.9 Å². The van der Waals surface area contributed by atoms with Crippen LogP contribution in [0.15, 0.2) is 54.9 Å². The Morgan fingerprint density at radius 1 is 1.24 bits per heavy atom. The number of hydrogen-bond acceptors (Lipinski definition) is 3. The van der Waals surface area contributed by atoms with Crippen LogP contribution in [0.3, 0.4) is 0 Å². The zero-order chi connectivity index (χ0) is 20.4. The first kappa shape index (κ1) is 19.5. The molecule has 0 N–H and O–H groups in total. The summed E-state index contributed by atoms with van der Waals surface area (Å²) in [5, 5.41) is 0.667. The van der Waals surface area contributed by atoms with Gasteiger partial charge in [-0.1, -0.05) is 29.8 Å². The molecular weight excluding hydrogens is 388 g/mol. The molecule has 150 valence electrons. The maximum atomic E-state index is 13.1. The van der Waals surface area contributed by atoms with Gasteiger partial charge < -0.3 is 14.2 Å². The van der Waals surface area contributed by atoms with Gasteiger partial charge in [-0.05, 0) is 36.2 Å². The van der Waals surface area contributed by atoms with E-state index in [-0.39, 0.29) is 17.7 Å². The summed E-state index contributed by atoms with van der Waals surface area (Å²) in [6.45, 7) is 1.42. The highest BCUT2D eigenvalue weighted by molar-refractivity contribution is 6.30. The van der Waals surface area contributed by atoms with Gasteiger partial charge in [0.15, 0.2) is 0 Å². The van der Waals surface area contributed by atoms with Crippen LogP contribution < -0.4 is 0 Å². The fourth-order valence-corrected chi connectivity index (χ4v) is 3.94. The van der Waals surface area contributed by atoms with Crippen LogP contribution in [-0.4, -0.2) is 44.6 Å². The van der Waals surface area contributed by atoms with Crippen molar-refractivity contribution >= 4 is 29.1 Å². The van der Waals surface area contributed by atoms with Crippen molar-refractivity contribution in [3.05, 3.63) is 71.1 Å². The van der Waals surface area contributed by atoms with E-state index in [9.17, 15) is 9.59 Å². The van der Waals surface area contributed by atoms with Crippen molar-refractivity contribution in [2.24, 2.45) is 5.92 Å². The van der Waals surface area contributed by atoms with E-state index in [1.165, 1.54) is 0 Å². The normalized spacial score (nSPS) is 17.0. The summed E-state index contributed by atoms with van der Waals surface area (Å²) >= 11 is 5.94. The number of halogens is 1. The van der Waals surface area contributed by atoms with Crippen LogP contribution in [0, 0.1) is 5.92 Å². The molecule has 1 saturated heterocycles. The molecule has 1 aliphatic rings. The van der Waals surface area contributed by atoms with E-state index >= 15 is 0 Å². The highest BCUT2D eigenvalue weighted by Crippen LogP contribution is 2.23. The van der Waals surface area contributed by atoms with Crippen LogP contribution in [-0.2, 0) is 22.7 Å². The Labute approximate surface area is 174 Å². The van der Waals surface area contributed by atoms with E-state index in [1.807, 2.05) is 60.1 Å². The lowest BCUT2D eigenvalue weighted by Crippen LogP contribution is -2.45. The molecule has 0 saturated carbocycles. The molecule has 0 bridgehead atoms. The molecular formula is C22H23ClN4O2. The van der Waals surface area contributed by atoms with Crippen LogP contribution in [0.4, 0.5) is 0 Å². The largest absolute Gasteiger partial charge is 0.340 e. The van der Waals surface area contributed by atoms with E-state index in [1.54, 1.807) is 16.0 Å². The molecule has 2 aromatic heterocycles. The standard InChI is InChI=1S/C22H23ClN4O2/c1-25(15-19-12-24-20-4-2-3-11-27(19)20)22(29)17-7-10-21(28)26(14-17)13-16-5-8-18(23)9-6-16/h2-6,8-9,11-12,17H,7,10,13-15H2,1H3/t17-/m0/s1. The van der Waals surface area contributed by atoms with Crippen molar-refractivity contribution in [2.45, 2.75) is 25.9 Å². The number of carbonyl (C=O) groups excluding carboxylic acids is 2. The summed E-state index contributed by atoms with van der Waals surface area (Å²) < 4.78 is 1.99. The predicted molar refractivity (Wildman–Crippen MR) is 111 cm³/mol. The summed E-state index contributed by atoms with van der Waals surface area (Å²) in [6.07, 6.45) is 4.74. The van der Waals surface area contributed by atoms with E-state index in [2.05, 4.69) is 4.98 Å². The van der Waals surface area contributed by atoms with Gasteiger partial charge in [0.25, 0.3) is 0 Å². The third-order valence-electron chi connectivity index (χ3n) is 5.41. The molecule has 3 aromatic rings. The molecule has 1 aliphatic heterocycles. The van der Waals surface area contributed by atoms with Gasteiger partial charge in [0.2, 0.25) is 11.8 Å². The quantitative estimate of drug-likeness (QED) is 0.647. The Morgan fingerprint density at radius 2 is 2.03 bits per heavy atom. The molecule has 6 nitrogen and oxygen atoms in total. The highest BCUT2D eigenvalue weighted by Gasteiger charge is 2.32. The average molecular weight is 411 g/mol. The Bertz CT molecular complexity index is 1030. The number of piperidine rings is 1. The van der Waals surface area contributed by atoms with Gasteiger partial charge in [0, 0.05) is 37.8 Å². The molecule has 4 rings (SSSR count). The first-order valence-corrected chi connectivity index (χ1v) is 10.1. The summed E-state index contributed by atoms with van der Waals surface area (Å²) in [6, 6.07) is 13.3. The van der Waals surface area contributed by atoms with Crippen molar-refractivity contribution in [1.82, 2.24) is 19.2 Å². The van der Waals surface area contributed by atoms with E-state index in [0.717, 1.165) is 16.9 Å². The molecule has 1 atom stereocenters. The number of benzene rings is 1. The predicted octanol–water partition coefficient (Wildman–Crippen LogP) is 3.38. The summed E-state index contributed by atoms with van der Waals surface area (Å²) in [7, 11) is 1.81. The van der Waals surface area contributed by atoms with Crippen LogP contribution >= 0.6 is 11.6 Å². The molecule has 29 heavy (non-hydrogen) atoms. The minimum atomic E-state index is -0.191. The summed E-state index contributed by atoms with van der Waals surface area (Å²) in [5.74, 6) is -0.0397. The Kier molecular flexibility index (Phi) is 5.53. The third kappa shape index (κ3) is 4.27. The lowest BCUT2D eigenvalue weighted by Gasteiger charge is -2.34. The Balaban J connectivity index is 1.42. The highest BCUT2D eigenvalue weighted by atomic mass is 35.5. The lowest BCUT2D eigenvalue weighted by atomic mass is 9.95. The third-order valence-corrected chi connectivity index (χ3v) is 5.66. The van der Waals surface area contributed by atoms with Gasteiger partial charge in [-0.2, -0.15) is 0 Å². The Morgan fingerprint density at radius 3 is 2.83 bits per heavy atom. The first-order chi connectivity index (χ1) is 14.0. The maximum absolute atomic E-state index is 13.1. The van der Waals surface area contributed by atoms with E-state index in [4.69, 9.17) is 11.6 Å².